The number of primary sulfonamides is 1. The fraction of sp³-hybridized carbons (Fsp3) is 0.125. The van der Waals surface area contributed by atoms with Crippen molar-refractivity contribution in [2.75, 3.05) is 7.11 Å². The first kappa shape index (κ1) is 11.5. The van der Waals surface area contributed by atoms with Gasteiger partial charge in [0.15, 0.2) is 0 Å². The van der Waals surface area contributed by atoms with Crippen molar-refractivity contribution in [2.24, 2.45) is 5.14 Å². The van der Waals surface area contributed by atoms with Crippen molar-refractivity contribution in [3.8, 4) is 5.75 Å². The number of carboxylic acids is 1. The van der Waals surface area contributed by atoms with Gasteiger partial charge in [0.05, 0.1) is 13.1 Å². The van der Waals surface area contributed by atoms with Crippen LogP contribution in [0, 0.1) is 0 Å². The van der Waals surface area contributed by atoms with Crippen LogP contribution in [0.2, 0.25) is 0 Å². The molecule has 1 aromatic rings. The van der Waals surface area contributed by atoms with Gasteiger partial charge in [0.25, 0.3) is 0 Å². The van der Waals surface area contributed by atoms with E-state index < -0.39 is 16.0 Å². The number of hydrogen-bond donors (Lipinski definition) is 1. The van der Waals surface area contributed by atoms with Crippen molar-refractivity contribution in [2.45, 2.75) is 4.90 Å². The molecule has 0 spiro atoms. The summed E-state index contributed by atoms with van der Waals surface area (Å²) in [4.78, 5) is 10.1. The highest BCUT2D eigenvalue weighted by molar-refractivity contribution is 7.89. The summed E-state index contributed by atoms with van der Waals surface area (Å²) < 4.78 is 26.9. The minimum atomic E-state index is -4.02. The second-order valence-electron chi connectivity index (χ2n) is 2.70. The highest BCUT2D eigenvalue weighted by Gasteiger charge is 2.15. The normalized spacial score (nSPS) is 11.1. The number of ether oxygens (including phenoxy) is 1. The molecule has 0 aromatic heterocycles. The molecule has 0 saturated heterocycles. The Kier molecular flexibility index (Phi) is 2.96. The summed E-state index contributed by atoms with van der Waals surface area (Å²) in [5.74, 6) is -1.50. The van der Waals surface area contributed by atoms with Gasteiger partial charge in [-0.15, -0.1) is 0 Å². The summed E-state index contributed by atoms with van der Waals surface area (Å²) >= 11 is 0. The van der Waals surface area contributed by atoms with Gasteiger partial charge in [-0.25, -0.2) is 13.6 Å². The number of methoxy groups -OCH3 is 1. The number of benzene rings is 1. The molecule has 1 rings (SSSR count). The lowest BCUT2D eigenvalue weighted by atomic mass is 10.2. The van der Waals surface area contributed by atoms with Gasteiger partial charge in [-0.05, 0) is 23.8 Å². The fourth-order valence-electron chi connectivity index (χ4n) is 1.03. The second-order valence-corrected chi connectivity index (χ2v) is 4.23. The van der Waals surface area contributed by atoms with E-state index >= 15 is 0 Å². The van der Waals surface area contributed by atoms with Gasteiger partial charge in [0, 0.05) is 0 Å². The molecule has 0 heterocycles. The lowest BCUT2D eigenvalue weighted by Crippen LogP contribution is -2.23. The Morgan fingerprint density at radius 1 is 1.47 bits per heavy atom. The lowest BCUT2D eigenvalue weighted by Gasteiger charge is -2.09. The maximum Gasteiger partial charge on any atom is 0.241 e. The van der Waals surface area contributed by atoms with Gasteiger partial charge in [0.1, 0.15) is 10.6 Å². The number of carbonyl (C=O) groups excluding carboxylic acids is 1. The van der Waals surface area contributed by atoms with E-state index in [4.69, 9.17) is 9.88 Å². The molecule has 0 aliphatic heterocycles. The van der Waals surface area contributed by atoms with E-state index in [1.54, 1.807) is 0 Å². The largest absolute Gasteiger partial charge is 0.545 e. The zero-order valence-corrected chi connectivity index (χ0v) is 8.58. The van der Waals surface area contributed by atoms with E-state index in [-0.39, 0.29) is 16.2 Å². The number of aromatic carboxylic acids is 1. The van der Waals surface area contributed by atoms with Crippen LogP contribution in [0.3, 0.4) is 0 Å². The first-order valence-electron chi connectivity index (χ1n) is 3.78. The average Bonchev–Trinajstić information content (AvgIpc) is 2.15. The van der Waals surface area contributed by atoms with Gasteiger partial charge >= 0.3 is 0 Å². The molecule has 0 saturated carbocycles. The minimum Gasteiger partial charge on any atom is -0.545 e. The molecule has 2 N–H and O–H groups in total. The summed E-state index contributed by atoms with van der Waals surface area (Å²) in [5, 5.41) is 15.4. The lowest BCUT2D eigenvalue weighted by molar-refractivity contribution is -0.255. The Morgan fingerprint density at radius 2 is 2.07 bits per heavy atom. The molecule has 82 valence electrons. The Hall–Kier alpha value is -1.60. The molecule has 7 heteroatoms. The van der Waals surface area contributed by atoms with Crippen LogP contribution in [-0.4, -0.2) is 21.5 Å². The molecule has 0 bridgehead atoms. The van der Waals surface area contributed by atoms with Crippen LogP contribution in [0.4, 0.5) is 0 Å². The quantitative estimate of drug-likeness (QED) is 0.694. The zero-order valence-electron chi connectivity index (χ0n) is 7.76. The van der Waals surface area contributed by atoms with Crippen LogP contribution < -0.4 is 15.0 Å². The third-order valence-electron chi connectivity index (χ3n) is 1.71. The Bertz CT molecular complexity index is 494. The third-order valence-corrected chi connectivity index (χ3v) is 2.64. The predicted octanol–water partition coefficient (Wildman–Crippen LogP) is -1.29. The van der Waals surface area contributed by atoms with Gasteiger partial charge in [-0.3, -0.25) is 0 Å². The van der Waals surface area contributed by atoms with Crippen LogP contribution in [0.15, 0.2) is 23.1 Å². The summed E-state index contributed by atoms with van der Waals surface area (Å²) in [6, 6.07) is 3.26. The highest BCUT2D eigenvalue weighted by atomic mass is 32.2. The van der Waals surface area contributed by atoms with Crippen molar-refractivity contribution >= 4 is 16.0 Å². The van der Waals surface area contributed by atoms with E-state index in [1.165, 1.54) is 19.2 Å². The topological polar surface area (TPSA) is 110 Å². The number of hydrogen-bond acceptors (Lipinski definition) is 5. The molecule has 1 aromatic carbocycles. The zero-order chi connectivity index (χ0) is 11.6. The predicted molar refractivity (Wildman–Crippen MR) is 48.7 cm³/mol. The Balaban J connectivity index is 3.46. The smallest absolute Gasteiger partial charge is 0.241 e. The van der Waals surface area contributed by atoms with Crippen LogP contribution >= 0.6 is 0 Å². The second kappa shape index (κ2) is 3.87. The van der Waals surface area contributed by atoms with Gasteiger partial charge in [-0.2, -0.15) is 0 Å². The molecule has 15 heavy (non-hydrogen) atoms. The van der Waals surface area contributed by atoms with Gasteiger partial charge < -0.3 is 14.6 Å². The number of carbonyl (C=O) groups is 1. The molecule has 0 radical (unpaired) electrons. The van der Waals surface area contributed by atoms with Crippen LogP contribution in [0.1, 0.15) is 10.4 Å². The molecule has 0 aliphatic rings. The molecule has 0 atom stereocenters. The van der Waals surface area contributed by atoms with Crippen molar-refractivity contribution in [3.05, 3.63) is 23.8 Å². The number of rotatable bonds is 3. The standard InChI is InChI=1S/C8H9NO5S/c1-14-6-3-2-5(8(10)11)4-7(6)15(9,12)13/h2-4H,1H3,(H,10,11)(H2,9,12,13)/p-1. The fourth-order valence-corrected chi connectivity index (χ4v) is 1.75. The van der Waals surface area contributed by atoms with Crippen molar-refractivity contribution in [3.63, 3.8) is 0 Å². The molecule has 0 unspecified atom stereocenters. The van der Waals surface area contributed by atoms with Crippen molar-refractivity contribution < 1.29 is 23.1 Å². The average molecular weight is 230 g/mol. The molecule has 0 aliphatic carbocycles. The molecular weight excluding hydrogens is 222 g/mol. The van der Waals surface area contributed by atoms with Crippen LogP contribution in [0.5, 0.6) is 5.75 Å². The van der Waals surface area contributed by atoms with E-state index in [9.17, 15) is 18.3 Å². The Morgan fingerprint density at radius 3 is 2.47 bits per heavy atom. The first-order chi connectivity index (χ1) is 6.86. The maximum atomic E-state index is 11.1. The minimum absolute atomic E-state index is 0.0116. The van der Waals surface area contributed by atoms with E-state index in [0.717, 1.165) is 6.07 Å². The summed E-state index contributed by atoms with van der Waals surface area (Å²) in [5.41, 5.74) is -0.278. The summed E-state index contributed by atoms with van der Waals surface area (Å²) in [6.07, 6.45) is 0. The SMILES string of the molecule is COc1ccc(C(=O)[O-])cc1S(N)(=O)=O. The number of nitrogens with two attached hydrogens (primary N) is 1. The van der Waals surface area contributed by atoms with Gasteiger partial charge in [0.2, 0.25) is 10.0 Å². The summed E-state index contributed by atoms with van der Waals surface area (Å²) in [6.45, 7) is 0. The van der Waals surface area contributed by atoms with Crippen LogP contribution in [-0.2, 0) is 10.0 Å². The van der Waals surface area contributed by atoms with Crippen molar-refractivity contribution in [1.82, 2.24) is 0 Å². The third kappa shape index (κ3) is 2.45. The van der Waals surface area contributed by atoms with Crippen molar-refractivity contribution in [1.29, 1.82) is 0 Å². The van der Waals surface area contributed by atoms with Gasteiger partial charge in [-0.1, -0.05) is 0 Å². The number of sulfonamides is 1. The number of carboxylic acid groups (broad SMARTS) is 1. The highest BCUT2D eigenvalue weighted by Crippen LogP contribution is 2.23. The Labute approximate surface area is 86.3 Å². The van der Waals surface area contributed by atoms with E-state index in [2.05, 4.69) is 0 Å². The summed E-state index contributed by atoms with van der Waals surface area (Å²) in [7, 11) is -2.77. The van der Waals surface area contributed by atoms with Crippen LogP contribution in [0.25, 0.3) is 0 Å². The molecular formula is C8H8NO5S-. The molecule has 0 fully saturated rings. The monoisotopic (exact) mass is 230 g/mol. The molecule has 0 amide bonds. The van der Waals surface area contributed by atoms with E-state index in [0.29, 0.717) is 0 Å². The maximum absolute atomic E-state index is 11.1. The molecule has 6 nitrogen and oxygen atoms in total. The first-order valence-corrected chi connectivity index (χ1v) is 5.33. The van der Waals surface area contributed by atoms with E-state index in [1.807, 2.05) is 0 Å².